The van der Waals surface area contributed by atoms with Crippen molar-refractivity contribution in [3.8, 4) is 5.75 Å². The van der Waals surface area contributed by atoms with Crippen molar-refractivity contribution < 1.29 is 28.0 Å². The summed E-state index contributed by atoms with van der Waals surface area (Å²) in [5.74, 6) is -1.11. The Morgan fingerprint density at radius 1 is 0.969 bits per heavy atom. The number of hydrogen-bond acceptors (Lipinski definition) is 6. The average molecular weight is 433 g/mol. The standard InChI is InChI=1S/C25H20FNO5/c1-15-21(16(2)32-27-15)13-30-24-12-18-8-4-3-7-17(18)11-20(24)25(29)31-14-23(28)19-9-5-6-10-22(19)26/h3-12H,13-14H2,1-2H3. The van der Waals surface area contributed by atoms with Gasteiger partial charge in [0, 0.05) is 0 Å². The lowest BCUT2D eigenvalue weighted by Crippen LogP contribution is -2.16. The molecule has 4 rings (SSSR count). The van der Waals surface area contributed by atoms with E-state index < -0.39 is 24.2 Å². The minimum absolute atomic E-state index is 0.131. The monoisotopic (exact) mass is 433 g/mol. The molecule has 0 radical (unpaired) electrons. The molecule has 7 heteroatoms. The highest BCUT2D eigenvalue weighted by atomic mass is 19.1. The normalized spacial score (nSPS) is 10.8. The lowest BCUT2D eigenvalue weighted by Gasteiger charge is -2.13. The van der Waals surface area contributed by atoms with E-state index in [0.29, 0.717) is 17.2 Å². The topological polar surface area (TPSA) is 78.6 Å². The Morgan fingerprint density at radius 3 is 2.34 bits per heavy atom. The molecule has 162 valence electrons. The third kappa shape index (κ3) is 4.37. The average Bonchev–Trinajstić information content (AvgIpc) is 3.12. The molecule has 1 heterocycles. The van der Waals surface area contributed by atoms with E-state index in [2.05, 4.69) is 5.16 Å². The first kappa shape index (κ1) is 21.2. The SMILES string of the molecule is Cc1noc(C)c1COc1cc2ccccc2cc1C(=O)OCC(=O)c1ccccc1F. The first-order chi connectivity index (χ1) is 15.4. The summed E-state index contributed by atoms with van der Waals surface area (Å²) in [6.45, 7) is 3.14. The number of ether oxygens (including phenoxy) is 2. The molecule has 0 aliphatic rings. The maximum Gasteiger partial charge on any atom is 0.342 e. The number of nitrogens with zero attached hydrogens (tertiary/aromatic N) is 1. The highest BCUT2D eigenvalue weighted by molar-refractivity contribution is 6.02. The zero-order valence-electron chi connectivity index (χ0n) is 17.6. The van der Waals surface area contributed by atoms with Crippen LogP contribution in [0.2, 0.25) is 0 Å². The minimum Gasteiger partial charge on any atom is -0.488 e. The Balaban J connectivity index is 1.58. The van der Waals surface area contributed by atoms with Crippen molar-refractivity contribution in [1.82, 2.24) is 5.16 Å². The van der Waals surface area contributed by atoms with Gasteiger partial charge in [-0.15, -0.1) is 0 Å². The van der Waals surface area contributed by atoms with Crippen LogP contribution in [0, 0.1) is 19.7 Å². The number of Topliss-reactive ketones (excluding diaryl/α,β-unsaturated/α-hetero) is 1. The number of hydrogen-bond donors (Lipinski definition) is 0. The van der Waals surface area contributed by atoms with Gasteiger partial charge in [-0.05, 0) is 48.9 Å². The molecule has 4 aromatic rings. The van der Waals surface area contributed by atoms with Crippen molar-refractivity contribution in [1.29, 1.82) is 0 Å². The number of fused-ring (bicyclic) bond motifs is 1. The van der Waals surface area contributed by atoms with Gasteiger partial charge >= 0.3 is 5.97 Å². The van der Waals surface area contributed by atoms with Crippen LogP contribution in [0.1, 0.15) is 37.7 Å². The molecule has 0 bridgehead atoms. The number of carbonyl (C=O) groups is 2. The predicted octanol–water partition coefficient (Wildman–Crippen LogP) is 5.20. The van der Waals surface area contributed by atoms with Gasteiger partial charge in [0.25, 0.3) is 0 Å². The number of esters is 1. The molecular formula is C25H20FNO5. The van der Waals surface area contributed by atoms with E-state index in [9.17, 15) is 14.0 Å². The summed E-state index contributed by atoms with van der Waals surface area (Å²) >= 11 is 0. The Hall–Kier alpha value is -4.00. The van der Waals surface area contributed by atoms with Crippen LogP contribution in [-0.4, -0.2) is 23.5 Å². The lowest BCUT2D eigenvalue weighted by atomic mass is 10.1. The Labute approximate surface area is 183 Å². The van der Waals surface area contributed by atoms with Crippen LogP contribution in [0.4, 0.5) is 4.39 Å². The number of benzene rings is 3. The molecule has 0 amide bonds. The van der Waals surface area contributed by atoms with E-state index in [1.807, 2.05) is 24.3 Å². The molecule has 3 aromatic carbocycles. The first-order valence-electron chi connectivity index (χ1n) is 9.96. The van der Waals surface area contributed by atoms with E-state index in [0.717, 1.165) is 16.3 Å². The minimum atomic E-state index is -0.741. The fourth-order valence-corrected chi connectivity index (χ4v) is 3.33. The molecular weight excluding hydrogens is 413 g/mol. The molecule has 0 atom stereocenters. The summed E-state index contributed by atoms with van der Waals surface area (Å²) in [7, 11) is 0. The van der Waals surface area contributed by atoms with Crippen molar-refractivity contribution in [2.45, 2.75) is 20.5 Å². The third-order valence-electron chi connectivity index (χ3n) is 5.13. The summed E-state index contributed by atoms with van der Waals surface area (Å²) in [6, 6.07) is 16.4. The highest BCUT2D eigenvalue weighted by Gasteiger charge is 2.20. The van der Waals surface area contributed by atoms with Crippen molar-refractivity contribution >= 4 is 22.5 Å². The molecule has 0 saturated carbocycles. The van der Waals surface area contributed by atoms with Gasteiger partial charge in [0.1, 0.15) is 29.5 Å². The highest BCUT2D eigenvalue weighted by Crippen LogP contribution is 2.28. The maximum absolute atomic E-state index is 13.8. The van der Waals surface area contributed by atoms with Gasteiger partial charge in [-0.25, -0.2) is 9.18 Å². The lowest BCUT2D eigenvalue weighted by molar-refractivity contribution is 0.0469. The second kappa shape index (κ2) is 9.01. The van der Waals surface area contributed by atoms with E-state index >= 15 is 0 Å². The van der Waals surface area contributed by atoms with Crippen molar-refractivity contribution in [2.75, 3.05) is 6.61 Å². The number of aromatic nitrogens is 1. The van der Waals surface area contributed by atoms with E-state index in [1.165, 1.54) is 18.2 Å². The van der Waals surface area contributed by atoms with Gasteiger partial charge in [0.15, 0.2) is 6.61 Å². The van der Waals surface area contributed by atoms with Crippen LogP contribution in [-0.2, 0) is 11.3 Å². The molecule has 32 heavy (non-hydrogen) atoms. The number of carbonyl (C=O) groups excluding carboxylic acids is 2. The zero-order valence-corrected chi connectivity index (χ0v) is 17.6. The summed E-state index contributed by atoms with van der Waals surface area (Å²) < 4.78 is 30.1. The second-order valence-electron chi connectivity index (χ2n) is 7.27. The van der Waals surface area contributed by atoms with Crippen LogP contribution in [0.15, 0.2) is 65.2 Å². The molecule has 1 aromatic heterocycles. The van der Waals surface area contributed by atoms with Gasteiger partial charge < -0.3 is 14.0 Å². The Kier molecular flexibility index (Phi) is 5.98. The van der Waals surface area contributed by atoms with E-state index in [4.69, 9.17) is 14.0 Å². The Bertz CT molecular complexity index is 1290. The molecule has 0 fully saturated rings. The smallest absolute Gasteiger partial charge is 0.342 e. The maximum atomic E-state index is 13.8. The zero-order chi connectivity index (χ0) is 22.7. The van der Waals surface area contributed by atoms with E-state index in [-0.39, 0.29) is 17.7 Å². The number of aryl methyl sites for hydroxylation is 2. The molecule has 0 saturated heterocycles. The predicted molar refractivity (Wildman–Crippen MR) is 115 cm³/mol. The van der Waals surface area contributed by atoms with Gasteiger partial charge in [-0.3, -0.25) is 4.79 Å². The molecule has 0 aliphatic heterocycles. The van der Waals surface area contributed by atoms with Crippen LogP contribution < -0.4 is 4.74 Å². The number of ketones is 1. The molecule has 0 spiro atoms. The number of halogens is 1. The first-order valence-corrected chi connectivity index (χ1v) is 9.96. The van der Waals surface area contributed by atoms with Gasteiger partial charge in [0.2, 0.25) is 5.78 Å². The summed E-state index contributed by atoms with van der Waals surface area (Å²) in [6.07, 6.45) is 0. The van der Waals surface area contributed by atoms with Crippen LogP contribution in [0.25, 0.3) is 10.8 Å². The van der Waals surface area contributed by atoms with E-state index in [1.54, 1.807) is 32.0 Å². The number of rotatable bonds is 7. The fourth-order valence-electron chi connectivity index (χ4n) is 3.33. The summed E-state index contributed by atoms with van der Waals surface area (Å²) in [4.78, 5) is 25.1. The van der Waals surface area contributed by atoms with Crippen LogP contribution in [0.3, 0.4) is 0 Å². The van der Waals surface area contributed by atoms with Crippen LogP contribution in [0.5, 0.6) is 5.75 Å². The largest absolute Gasteiger partial charge is 0.488 e. The third-order valence-corrected chi connectivity index (χ3v) is 5.13. The Morgan fingerprint density at radius 2 is 1.66 bits per heavy atom. The molecule has 0 aliphatic carbocycles. The van der Waals surface area contributed by atoms with Crippen molar-refractivity contribution in [3.05, 3.63) is 94.6 Å². The van der Waals surface area contributed by atoms with Crippen LogP contribution >= 0.6 is 0 Å². The van der Waals surface area contributed by atoms with Gasteiger partial charge in [-0.2, -0.15) is 0 Å². The molecule has 0 unspecified atom stereocenters. The quantitative estimate of drug-likeness (QED) is 0.294. The summed E-state index contributed by atoms with van der Waals surface area (Å²) in [5.41, 5.74) is 1.51. The summed E-state index contributed by atoms with van der Waals surface area (Å²) in [5, 5.41) is 5.59. The molecule has 0 N–H and O–H groups in total. The van der Waals surface area contributed by atoms with Crippen molar-refractivity contribution in [3.63, 3.8) is 0 Å². The second-order valence-corrected chi connectivity index (χ2v) is 7.27. The molecule has 6 nitrogen and oxygen atoms in total. The van der Waals surface area contributed by atoms with Gasteiger partial charge in [-0.1, -0.05) is 41.6 Å². The van der Waals surface area contributed by atoms with Gasteiger partial charge in [0.05, 0.1) is 16.8 Å². The van der Waals surface area contributed by atoms with Crippen molar-refractivity contribution in [2.24, 2.45) is 0 Å². The fraction of sp³-hybridized carbons (Fsp3) is 0.160.